The maximum Gasteiger partial charge on any atom is 0.270 e. The van der Waals surface area contributed by atoms with Crippen LogP contribution in [0.4, 0.5) is 11.4 Å². The first-order chi connectivity index (χ1) is 11.5. The highest BCUT2D eigenvalue weighted by molar-refractivity contribution is 6.30. The average Bonchev–Trinajstić information content (AvgIpc) is 3.05. The molecule has 1 aliphatic carbocycles. The van der Waals surface area contributed by atoms with E-state index in [2.05, 4.69) is 29.6 Å². The Hall–Kier alpha value is -2.33. The molecule has 24 heavy (non-hydrogen) atoms. The minimum absolute atomic E-state index is 0.164. The molecule has 0 spiro atoms. The molecule has 3 atom stereocenters. The molecule has 1 N–H and O–H groups in total. The highest BCUT2D eigenvalue weighted by atomic mass is 35.5. The Morgan fingerprint density at radius 3 is 2.71 bits per heavy atom. The number of allylic oxidation sites excluding steroid dienone is 2. The van der Waals surface area contributed by atoms with Crippen LogP contribution in [0.5, 0.6) is 0 Å². The number of nitrogens with zero attached hydrogens (tertiary/aromatic N) is 1. The van der Waals surface area contributed by atoms with E-state index >= 15 is 0 Å². The van der Waals surface area contributed by atoms with Crippen LogP contribution >= 0.6 is 11.6 Å². The lowest BCUT2D eigenvalue weighted by Gasteiger charge is -2.38. The molecule has 1 aliphatic heterocycles. The SMILES string of the molecule is Cc1cc([N+](=O)[O-])cc2c1NC(c1ccc(Cl)cc1)C1CC=CC21. The van der Waals surface area contributed by atoms with E-state index in [1.165, 1.54) is 5.56 Å². The first-order valence-corrected chi connectivity index (χ1v) is 8.40. The lowest BCUT2D eigenvalue weighted by Crippen LogP contribution is -2.29. The maximum absolute atomic E-state index is 11.2. The van der Waals surface area contributed by atoms with Crippen molar-refractivity contribution >= 4 is 23.0 Å². The highest BCUT2D eigenvalue weighted by Gasteiger charge is 2.39. The van der Waals surface area contributed by atoms with E-state index in [-0.39, 0.29) is 22.6 Å². The Bertz CT molecular complexity index is 845. The van der Waals surface area contributed by atoms with E-state index in [1.807, 2.05) is 19.1 Å². The van der Waals surface area contributed by atoms with Crippen LogP contribution in [-0.2, 0) is 0 Å². The van der Waals surface area contributed by atoms with E-state index in [4.69, 9.17) is 11.6 Å². The Kier molecular flexibility index (Phi) is 3.57. The van der Waals surface area contributed by atoms with Crippen molar-refractivity contribution in [1.82, 2.24) is 0 Å². The number of hydrogen-bond donors (Lipinski definition) is 1. The van der Waals surface area contributed by atoms with Crippen molar-refractivity contribution in [1.29, 1.82) is 0 Å². The van der Waals surface area contributed by atoms with E-state index in [0.717, 1.165) is 28.3 Å². The topological polar surface area (TPSA) is 55.2 Å². The van der Waals surface area contributed by atoms with Crippen molar-refractivity contribution < 1.29 is 4.92 Å². The number of nitro benzene ring substituents is 1. The fourth-order valence-electron chi connectivity index (χ4n) is 3.97. The third-order valence-electron chi connectivity index (χ3n) is 5.09. The molecule has 0 saturated heterocycles. The predicted molar refractivity (Wildman–Crippen MR) is 95.6 cm³/mol. The second-order valence-corrected chi connectivity index (χ2v) is 6.95. The summed E-state index contributed by atoms with van der Waals surface area (Å²) in [5.41, 5.74) is 4.33. The summed E-state index contributed by atoms with van der Waals surface area (Å²) in [6.07, 6.45) is 5.34. The molecule has 0 bridgehead atoms. The summed E-state index contributed by atoms with van der Waals surface area (Å²) in [6.45, 7) is 1.93. The molecule has 4 rings (SSSR count). The smallest absolute Gasteiger partial charge is 0.270 e. The number of fused-ring (bicyclic) bond motifs is 3. The first kappa shape index (κ1) is 15.2. The molecular weight excluding hydrogens is 324 g/mol. The van der Waals surface area contributed by atoms with Gasteiger partial charge in [-0.1, -0.05) is 35.9 Å². The number of halogens is 1. The van der Waals surface area contributed by atoms with Gasteiger partial charge in [0, 0.05) is 28.8 Å². The summed E-state index contributed by atoms with van der Waals surface area (Å²) in [7, 11) is 0. The molecule has 3 unspecified atom stereocenters. The number of benzene rings is 2. The van der Waals surface area contributed by atoms with Crippen molar-refractivity contribution in [3.05, 3.63) is 80.4 Å². The number of anilines is 1. The van der Waals surface area contributed by atoms with Gasteiger partial charge >= 0.3 is 0 Å². The lowest BCUT2D eigenvalue weighted by molar-refractivity contribution is -0.385. The van der Waals surface area contributed by atoms with Gasteiger partial charge in [-0.05, 0) is 48.1 Å². The number of hydrogen-bond acceptors (Lipinski definition) is 3. The highest BCUT2D eigenvalue weighted by Crippen LogP contribution is 2.51. The lowest BCUT2D eigenvalue weighted by atomic mass is 9.76. The van der Waals surface area contributed by atoms with Crippen molar-refractivity contribution in [2.75, 3.05) is 5.32 Å². The molecule has 0 radical (unpaired) electrons. The summed E-state index contributed by atoms with van der Waals surface area (Å²) in [5.74, 6) is 0.570. The van der Waals surface area contributed by atoms with Crippen LogP contribution in [0.15, 0.2) is 48.6 Å². The molecule has 1 heterocycles. The summed E-state index contributed by atoms with van der Waals surface area (Å²) in [4.78, 5) is 10.9. The Labute approximate surface area is 145 Å². The molecule has 5 heteroatoms. The van der Waals surface area contributed by atoms with Gasteiger partial charge in [-0.3, -0.25) is 10.1 Å². The Morgan fingerprint density at radius 2 is 2.00 bits per heavy atom. The van der Waals surface area contributed by atoms with Gasteiger partial charge in [0.05, 0.1) is 11.0 Å². The minimum atomic E-state index is -0.313. The first-order valence-electron chi connectivity index (χ1n) is 8.02. The minimum Gasteiger partial charge on any atom is -0.377 e. The van der Waals surface area contributed by atoms with Crippen molar-refractivity contribution in [3.63, 3.8) is 0 Å². The van der Waals surface area contributed by atoms with Gasteiger partial charge in [-0.15, -0.1) is 0 Å². The summed E-state index contributed by atoms with van der Waals surface area (Å²) < 4.78 is 0. The van der Waals surface area contributed by atoms with Crippen molar-refractivity contribution in [2.24, 2.45) is 5.92 Å². The maximum atomic E-state index is 11.2. The van der Waals surface area contributed by atoms with Crippen LogP contribution in [0, 0.1) is 23.0 Å². The average molecular weight is 341 g/mol. The van der Waals surface area contributed by atoms with Gasteiger partial charge < -0.3 is 5.32 Å². The van der Waals surface area contributed by atoms with Gasteiger partial charge in [0.1, 0.15) is 0 Å². The predicted octanol–water partition coefficient (Wildman–Crippen LogP) is 5.38. The molecule has 4 nitrogen and oxygen atoms in total. The molecule has 2 aromatic carbocycles. The zero-order valence-corrected chi connectivity index (χ0v) is 14.0. The van der Waals surface area contributed by atoms with Crippen LogP contribution < -0.4 is 5.32 Å². The molecule has 2 aliphatic rings. The number of rotatable bonds is 2. The Morgan fingerprint density at radius 1 is 1.25 bits per heavy atom. The van der Waals surface area contributed by atoms with Crippen LogP contribution in [-0.4, -0.2) is 4.92 Å². The largest absolute Gasteiger partial charge is 0.377 e. The van der Waals surface area contributed by atoms with Gasteiger partial charge in [0.15, 0.2) is 0 Å². The second kappa shape index (κ2) is 5.64. The van der Waals surface area contributed by atoms with Gasteiger partial charge in [0.25, 0.3) is 5.69 Å². The molecule has 0 fully saturated rings. The van der Waals surface area contributed by atoms with E-state index in [9.17, 15) is 10.1 Å². The van der Waals surface area contributed by atoms with Crippen LogP contribution in [0.1, 0.15) is 35.1 Å². The zero-order chi connectivity index (χ0) is 16.8. The van der Waals surface area contributed by atoms with Crippen LogP contribution in [0.3, 0.4) is 0 Å². The molecule has 122 valence electrons. The number of nitro groups is 1. The van der Waals surface area contributed by atoms with Crippen LogP contribution in [0.25, 0.3) is 0 Å². The molecule has 0 amide bonds. The monoisotopic (exact) mass is 340 g/mol. The molecule has 0 saturated carbocycles. The molecule has 2 aromatic rings. The summed E-state index contributed by atoms with van der Waals surface area (Å²) in [6, 6.07) is 11.5. The third-order valence-corrected chi connectivity index (χ3v) is 5.34. The summed E-state index contributed by atoms with van der Waals surface area (Å²) in [5, 5.41) is 15.6. The number of non-ortho nitro benzene ring substituents is 1. The fraction of sp³-hybridized carbons (Fsp3) is 0.263. The van der Waals surface area contributed by atoms with Crippen LogP contribution in [0.2, 0.25) is 5.02 Å². The van der Waals surface area contributed by atoms with E-state index < -0.39 is 0 Å². The third kappa shape index (κ3) is 2.38. The van der Waals surface area contributed by atoms with E-state index in [1.54, 1.807) is 12.1 Å². The van der Waals surface area contributed by atoms with Gasteiger partial charge in [-0.2, -0.15) is 0 Å². The second-order valence-electron chi connectivity index (χ2n) is 6.51. The van der Waals surface area contributed by atoms with E-state index in [0.29, 0.717) is 5.92 Å². The normalized spacial score (nSPS) is 24.2. The molecule has 0 aromatic heterocycles. The molecular formula is C19H17ClN2O2. The zero-order valence-electron chi connectivity index (χ0n) is 13.2. The Balaban J connectivity index is 1.82. The summed E-state index contributed by atoms with van der Waals surface area (Å²) >= 11 is 6.02. The van der Waals surface area contributed by atoms with Crippen molar-refractivity contribution in [3.8, 4) is 0 Å². The van der Waals surface area contributed by atoms with Crippen molar-refractivity contribution in [2.45, 2.75) is 25.3 Å². The van der Waals surface area contributed by atoms with Gasteiger partial charge in [-0.25, -0.2) is 0 Å². The standard InChI is InChI=1S/C19H17ClN2O2/c1-11-9-14(22(23)24)10-17-15-3-2-4-16(15)19(21-18(11)17)12-5-7-13(20)8-6-12/h2-3,5-10,15-16,19,21H,4H2,1H3. The number of aryl methyl sites for hydroxylation is 1. The van der Waals surface area contributed by atoms with Gasteiger partial charge in [0.2, 0.25) is 0 Å². The fourth-order valence-corrected chi connectivity index (χ4v) is 4.10. The quantitative estimate of drug-likeness (QED) is 0.453. The number of nitrogens with one attached hydrogen (secondary N) is 1.